The standard InChI is InChI=1S/C16H27BrN2/c1-12(2)8-6-4-5-7-9-19-16-10-13(3)15(18)11-14(16)17/h10-12,19H,4-9,18H2,1-3H3. The Morgan fingerprint density at radius 1 is 1.16 bits per heavy atom. The molecule has 0 aliphatic carbocycles. The Morgan fingerprint density at radius 3 is 2.53 bits per heavy atom. The Hall–Kier alpha value is -0.700. The van der Waals surface area contributed by atoms with Gasteiger partial charge in [-0.25, -0.2) is 0 Å². The van der Waals surface area contributed by atoms with Crippen LogP contribution in [0.5, 0.6) is 0 Å². The fourth-order valence-corrected chi connectivity index (χ4v) is 2.59. The fraction of sp³-hybridized carbons (Fsp3) is 0.625. The summed E-state index contributed by atoms with van der Waals surface area (Å²) in [7, 11) is 0. The molecule has 3 heteroatoms. The number of benzene rings is 1. The van der Waals surface area contributed by atoms with Crippen LogP contribution in [0.3, 0.4) is 0 Å². The first-order valence-electron chi connectivity index (χ1n) is 7.30. The number of nitrogens with one attached hydrogen (secondary N) is 1. The molecule has 0 aliphatic heterocycles. The molecule has 3 N–H and O–H groups in total. The number of unbranched alkanes of at least 4 members (excludes halogenated alkanes) is 3. The first kappa shape index (κ1) is 16.4. The van der Waals surface area contributed by atoms with Crippen LogP contribution < -0.4 is 11.1 Å². The lowest BCUT2D eigenvalue weighted by molar-refractivity contribution is 0.523. The van der Waals surface area contributed by atoms with E-state index in [0.29, 0.717) is 0 Å². The minimum absolute atomic E-state index is 0.839. The van der Waals surface area contributed by atoms with Crippen molar-refractivity contribution in [1.29, 1.82) is 0 Å². The van der Waals surface area contributed by atoms with Gasteiger partial charge >= 0.3 is 0 Å². The van der Waals surface area contributed by atoms with E-state index in [-0.39, 0.29) is 0 Å². The minimum Gasteiger partial charge on any atom is -0.398 e. The fourth-order valence-electron chi connectivity index (χ4n) is 2.09. The maximum Gasteiger partial charge on any atom is 0.0488 e. The normalized spacial score (nSPS) is 11.0. The van der Waals surface area contributed by atoms with E-state index in [2.05, 4.69) is 41.2 Å². The molecule has 0 spiro atoms. The molecule has 2 nitrogen and oxygen atoms in total. The third-order valence-corrected chi connectivity index (χ3v) is 4.04. The largest absolute Gasteiger partial charge is 0.398 e. The van der Waals surface area contributed by atoms with E-state index in [1.54, 1.807) is 0 Å². The van der Waals surface area contributed by atoms with Crippen LogP contribution in [0.1, 0.15) is 51.5 Å². The average Bonchev–Trinajstić information content (AvgIpc) is 2.33. The van der Waals surface area contributed by atoms with Crippen LogP contribution in [0.25, 0.3) is 0 Å². The van der Waals surface area contributed by atoms with Crippen molar-refractivity contribution in [3.05, 3.63) is 22.2 Å². The number of hydrogen-bond donors (Lipinski definition) is 2. The van der Waals surface area contributed by atoms with Gasteiger partial charge in [0.2, 0.25) is 0 Å². The SMILES string of the molecule is Cc1cc(NCCCCCCC(C)C)c(Br)cc1N. The van der Waals surface area contributed by atoms with Gasteiger partial charge in [-0.1, -0.05) is 39.5 Å². The smallest absolute Gasteiger partial charge is 0.0488 e. The molecule has 108 valence electrons. The molecule has 1 aromatic carbocycles. The van der Waals surface area contributed by atoms with Crippen LogP contribution in [-0.4, -0.2) is 6.54 Å². The molecule has 0 amide bonds. The number of anilines is 2. The van der Waals surface area contributed by atoms with Gasteiger partial charge < -0.3 is 11.1 Å². The van der Waals surface area contributed by atoms with Crippen molar-refractivity contribution in [3.63, 3.8) is 0 Å². The summed E-state index contributed by atoms with van der Waals surface area (Å²) >= 11 is 3.55. The molecule has 0 aliphatic rings. The number of aryl methyl sites for hydroxylation is 1. The number of rotatable bonds is 8. The highest BCUT2D eigenvalue weighted by atomic mass is 79.9. The second-order valence-electron chi connectivity index (χ2n) is 5.71. The summed E-state index contributed by atoms with van der Waals surface area (Å²) in [6.45, 7) is 7.66. The Morgan fingerprint density at radius 2 is 1.84 bits per heavy atom. The van der Waals surface area contributed by atoms with Crippen LogP contribution in [0.2, 0.25) is 0 Å². The van der Waals surface area contributed by atoms with Crippen molar-refractivity contribution in [3.8, 4) is 0 Å². The predicted molar refractivity (Wildman–Crippen MR) is 89.7 cm³/mol. The first-order chi connectivity index (χ1) is 9.00. The van der Waals surface area contributed by atoms with Gasteiger partial charge in [-0.15, -0.1) is 0 Å². The Balaban J connectivity index is 2.21. The molecule has 0 atom stereocenters. The van der Waals surface area contributed by atoms with E-state index in [4.69, 9.17) is 5.73 Å². The maximum absolute atomic E-state index is 5.87. The lowest BCUT2D eigenvalue weighted by Crippen LogP contribution is -2.03. The molecule has 0 radical (unpaired) electrons. The van der Waals surface area contributed by atoms with Gasteiger partial charge in [0.1, 0.15) is 0 Å². The summed E-state index contributed by atoms with van der Waals surface area (Å²) in [5.41, 5.74) is 8.98. The number of hydrogen-bond acceptors (Lipinski definition) is 2. The number of nitrogen functional groups attached to an aromatic ring is 1. The zero-order valence-electron chi connectivity index (χ0n) is 12.4. The predicted octanol–water partition coefficient (Wildman–Crippen LogP) is 5.36. The van der Waals surface area contributed by atoms with Crippen molar-refractivity contribution >= 4 is 27.3 Å². The molecule has 0 saturated carbocycles. The van der Waals surface area contributed by atoms with Crippen molar-refractivity contribution in [2.24, 2.45) is 5.92 Å². The van der Waals surface area contributed by atoms with Crippen molar-refractivity contribution in [2.45, 2.75) is 52.9 Å². The first-order valence-corrected chi connectivity index (χ1v) is 8.09. The second-order valence-corrected chi connectivity index (χ2v) is 6.57. The van der Waals surface area contributed by atoms with Crippen LogP contribution in [0.4, 0.5) is 11.4 Å². The maximum atomic E-state index is 5.87. The molecule has 0 saturated heterocycles. The highest BCUT2D eigenvalue weighted by Gasteiger charge is 2.02. The Kier molecular flexibility index (Phi) is 7.29. The summed E-state index contributed by atoms with van der Waals surface area (Å²) in [5, 5.41) is 3.48. The monoisotopic (exact) mass is 326 g/mol. The topological polar surface area (TPSA) is 38.0 Å². The Bertz CT molecular complexity index is 389. The van der Waals surface area contributed by atoms with E-state index in [9.17, 15) is 0 Å². The second kappa shape index (κ2) is 8.47. The molecule has 19 heavy (non-hydrogen) atoms. The number of halogens is 1. The molecule has 0 unspecified atom stereocenters. The van der Waals surface area contributed by atoms with E-state index in [0.717, 1.165) is 33.9 Å². The average molecular weight is 327 g/mol. The van der Waals surface area contributed by atoms with Gasteiger partial charge in [0.15, 0.2) is 0 Å². The summed E-state index contributed by atoms with van der Waals surface area (Å²) in [5.74, 6) is 0.840. The summed E-state index contributed by atoms with van der Waals surface area (Å²) in [6, 6.07) is 4.08. The van der Waals surface area contributed by atoms with E-state index in [1.807, 2.05) is 13.0 Å². The molecular weight excluding hydrogens is 300 g/mol. The van der Waals surface area contributed by atoms with E-state index < -0.39 is 0 Å². The molecule has 1 rings (SSSR count). The molecular formula is C16H27BrN2. The van der Waals surface area contributed by atoms with E-state index >= 15 is 0 Å². The summed E-state index contributed by atoms with van der Waals surface area (Å²) in [4.78, 5) is 0. The molecule has 1 aromatic rings. The van der Waals surface area contributed by atoms with Crippen LogP contribution in [0.15, 0.2) is 16.6 Å². The number of nitrogens with two attached hydrogens (primary N) is 1. The zero-order chi connectivity index (χ0) is 14.3. The van der Waals surface area contributed by atoms with Crippen molar-refractivity contribution in [2.75, 3.05) is 17.6 Å². The van der Waals surface area contributed by atoms with Crippen LogP contribution in [0, 0.1) is 12.8 Å². The van der Waals surface area contributed by atoms with Gasteiger partial charge in [0.05, 0.1) is 0 Å². The quantitative estimate of drug-likeness (QED) is 0.498. The van der Waals surface area contributed by atoms with Crippen LogP contribution >= 0.6 is 15.9 Å². The van der Waals surface area contributed by atoms with E-state index in [1.165, 1.54) is 32.1 Å². The van der Waals surface area contributed by atoms with Crippen molar-refractivity contribution in [1.82, 2.24) is 0 Å². The Labute approximate surface area is 126 Å². The lowest BCUT2D eigenvalue weighted by atomic mass is 10.0. The van der Waals surface area contributed by atoms with Crippen LogP contribution in [-0.2, 0) is 0 Å². The lowest BCUT2D eigenvalue weighted by Gasteiger charge is -2.11. The highest BCUT2D eigenvalue weighted by molar-refractivity contribution is 9.10. The zero-order valence-corrected chi connectivity index (χ0v) is 14.0. The molecule has 0 bridgehead atoms. The van der Waals surface area contributed by atoms with Gasteiger partial charge in [-0.05, 0) is 52.9 Å². The van der Waals surface area contributed by atoms with Gasteiger partial charge in [-0.2, -0.15) is 0 Å². The molecule has 0 aromatic heterocycles. The third kappa shape index (κ3) is 6.33. The minimum atomic E-state index is 0.839. The van der Waals surface area contributed by atoms with Gasteiger partial charge in [0.25, 0.3) is 0 Å². The third-order valence-electron chi connectivity index (χ3n) is 3.38. The van der Waals surface area contributed by atoms with Gasteiger partial charge in [-0.3, -0.25) is 0 Å². The van der Waals surface area contributed by atoms with Crippen molar-refractivity contribution < 1.29 is 0 Å². The summed E-state index contributed by atoms with van der Waals surface area (Å²) < 4.78 is 1.05. The molecule has 0 heterocycles. The highest BCUT2D eigenvalue weighted by Crippen LogP contribution is 2.27. The molecule has 0 fully saturated rings. The summed E-state index contributed by atoms with van der Waals surface area (Å²) in [6.07, 6.45) is 6.61. The van der Waals surface area contributed by atoms with Gasteiger partial charge in [0, 0.05) is 22.4 Å².